The van der Waals surface area contributed by atoms with Gasteiger partial charge in [0.05, 0.1) is 23.5 Å². The number of nitrogens with one attached hydrogen (secondary N) is 1. The highest BCUT2D eigenvalue weighted by molar-refractivity contribution is 6.31. The Labute approximate surface area is 225 Å². The van der Waals surface area contributed by atoms with Gasteiger partial charge in [0.2, 0.25) is 5.95 Å². The Morgan fingerprint density at radius 1 is 1.00 bits per heavy atom. The molecule has 2 aromatic carbocycles. The summed E-state index contributed by atoms with van der Waals surface area (Å²) in [6, 6.07) is 14.5. The molecule has 4 aliphatic carbocycles. The minimum Gasteiger partial charge on any atom is -0.289 e. The van der Waals surface area contributed by atoms with Crippen molar-refractivity contribution in [2.24, 2.45) is 17.8 Å². The third kappa shape index (κ3) is 4.11. The lowest BCUT2D eigenvalue weighted by atomic mass is 9.48. The second kappa shape index (κ2) is 9.05. The Morgan fingerprint density at radius 3 is 2.39 bits per heavy atom. The second-order valence-corrected chi connectivity index (χ2v) is 11.7. The maximum atomic E-state index is 14.2. The normalized spacial score (nSPS) is 25.6. The maximum absolute atomic E-state index is 14.2. The summed E-state index contributed by atoms with van der Waals surface area (Å²) in [6.45, 7) is 0.110. The first kappa shape index (κ1) is 23.6. The fourth-order valence-electron chi connectivity index (χ4n) is 7.49. The molecule has 4 aliphatic rings. The van der Waals surface area contributed by atoms with E-state index < -0.39 is 5.82 Å². The molecule has 0 saturated heterocycles. The number of carbonyl (C=O) groups is 1. The molecule has 4 bridgehead atoms. The Hall–Kier alpha value is -3.52. The van der Waals surface area contributed by atoms with Gasteiger partial charge >= 0.3 is 0 Å². The van der Waals surface area contributed by atoms with Crippen molar-refractivity contribution in [3.05, 3.63) is 88.7 Å². The van der Waals surface area contributed by atoms with Crippen molar-refractivity contribution in [1.82, 2.24) is 24.5 Å². The number of para-hydroxylation sites is 1. The topological polar surface area (TPSA) is 77.6 Å². The number of aromatic nitrogens is 5. The van der Waals surface area contributed by atoms with Crippen molar-refractivity contribution in [2.45, 2.75) is 50.5 Å². The van der Waals surface area contributed by atoms with Crippen LogP contribution in [0.4, 0.5) is 10.3 Å². The van der Waals surface area contributed by atoms with Crippen LogP contribution in [0.25, 0.3) is 5.69 Å². The molecule has 194 valence electrons. The Kier molecular flexibility index (Phi) is 5.62. The lowest BCUT2D eigenvalue weighted by Crippen LogP contribution is -2.49. The number of hydrogen-bond acceptors (Lipinski definition) is 4. The van der Waals surface area contributed by atoms with Crippen molar-refractivity contribution in [3.8, 4) is 5.69 Å². The van der Waals surface area contributed by atoms with Crippen LogP contribution in [-0.4, -0.2) is 30.5 Å². The Balaban J connectivity index is 1.20. The van der Waals surface area contributed by atoms with Crippen molar-refractivity contribution in [2.75, 3.05) is 5.32 Å². The zero-order valence-electron chi connectivity index (χ0n) is 20.9. The van der Waals surface area contributed by atoms with Gasteiger partial charge in [-0.3, -0.25) is 10.1 Å². The summed E-state index contributed by atoms with van der Waals surface area (Å²) >= 11 is 6.17. The van der Waals surface area contributed by atoms with Gasteiger partial charge in [-0.1, -0.05) is 35.9 Å². The highest BCUT2D eigenvalue weighted by Crippen LogP contribution is 2.60. The van der Waals surface area contributed by atoms with Crippen molar-refractivity contribution >= 4 is 23.5 Å². The molecule has 0 spiro atoms. The zero-order valence-corrected chi connectivity index (χ0v) is 21.6. The van der Waals surface area contributed by atoms with Gasteiger partial charge in [-0.05, 0) is 80.5 Å². The smallest absolute Gasteiger partial charge is 0.261 e. The summed E-state index contributed by atoms with van der Waals surface area (Å²) in [6.07, 6.45) is 10.5. The van der Waals surface area contributed by atoms with Crippen LogP contribution in [0.2, 0.25) is 5.02 Å². The minimum atomic E-state index is -0.410. The zero-order chi connectivity index (χ0) is 25.9. The summed E-state index contributed by atoms with van der Waals surface area (Å²) in [5, 5.41) is 12.6. The van der Waals surface area contributed by atoms with Crippen LogP contribution in [0.1, 0.15) is 60.1 Å². The lowest BCUT2D eigenvalue weighted by Gasteiger charge is -2.56. The van der Waals surface area contributed by atoms with Crippen LogP contribution in [0, 0.1) is 23.6 Å². The number of nitrogens with zero attached hydrogens (tertiary/aromatic N) is 5. The van der Waals surface area contributed by atoms with E-state index >= 15 is 0 Å². The standard InChI is InChI=1S/C29H28ClFN6O/c30-24-7-4-8-25(31)22(24)15-36-17-32-28(35-36)33-27(38)23-16-37(21-5-2-1-3-6-21)34-26(23)29-12-18-9-19(13-29)11-20(10-18)14-29/h1-8,16-20H,9-15H2,(H,33,35,38). The molecule has 8 rings (SSSR count). The molecule has 1 N–H and O–H groups in total. The molecule has 9 heteroatoms. The van der Waals surface area contributed by atoms with Crippen LogP contribution in [0.3, 0.4) is 0 Å². The number of carbonyl (C=O) groups excluding carboxylic acids is 1. The largest absolute Gasteiger partial charge is 0.289 e. The highest BCUT2D eigenvalue weighted by Gasteiger charge is 2.54. The van der Waals surface area contributed by atoms with Crippen LogP contribution in [-0.2, 0) is 12.0 Å². The summed E-state index contributed by atoms with van der Waals surface area (Å²) in [5.41, 5.74) is 2.65. The average Bonchev–Trinajstić information content (AvgIpc) is 3.54. The third-order valence-corrected chi connectivity index (χ3v) is 9.02. The predicted octanol–water partition coefficient (Wildman–Crippen LogP) is 6.02. The molecule has 2 heterocycles. The summed E-state index contributed by atoms with van der Waals surface area (Å²) in [5.74, 6) is 1.64. The first-order valence-corrected chi connectivity index (χ1v) is 13.6. The molecule has 0 unspecified atom stereocenters. The van der Waals surface area contributed by atoms with E-state index in [1.165, 1.54) is 36.3 Å². The molecule has 38 heavy (non-hydrogen) atoms. The monoisotopic (exact) mass is 530 g/mol. The summed E-state index contributed by atoms with van der Waals surface area (Å²) in [4.78, 5) is 18.0. The van der Waals surface area contributed by atoms with Gasteiger partial charge in [0.25, 0.3) is 5.91 Å². The van der Waals surface area contributed by atoms with Gasteiger partial charge in [-0.25, -0.2) is 18.7 Å². The second-order valence-electron chi connectivity index (χ2n) is 11.3. The number of halogens is 2. The van der Waals surface area contributed by atoms with E-state index in [1.54, 1.807) is 12.1 Å². The number of anilines is 1. The number of rotatable bonds is 6. The minimum absolute atomic E-state index is 0.0597. The van der Waals surface area contributed by atoms with Gasteiger partial charge in [-0.15, -0.1) is 5.10 Å². The predicted molar refractivity (Wildman–Crippen MR) is 142 cm³/mol. The van der Waals surface area contributed by atoms with Crippen molar-refractivity contribution < 1.29 is 9.18 Å². The van der Waals surface area contributed by atoms with Gasteiger partial charge in [0, 0.05) is 22.2 Å². The Bertz CT molecular complexity index is 1460. The van der Waals surface area contributed by atoms with E-state index in [4.69, 9.17) is 16.7 Å². The van der Waals surface area contributed by atoms with E-state index in [2.05, 4.69) is 15.4 Å². The Morgan fingerprint density at radius 2 is 1.71 bits per heavy atom. The first-order valence-electron chi connectivity index (χ1n) is 13.2. The maximum Gasteiger partial charge on any atom is 0.261 e. The highest BCUT2D eigenvalue weighted by atomic mass is 35.5. The van der Waals surface area contributed by atoms with E-state index in [1.807, 2.05) is 41.2 Å². The van der Waals surface area contributed by atoms with Crippen molar-refractivity contribution in [3.63, 3.8) is 0 Å². The fourth-order valence-corrected chi connectivity index (χ4v) is 7.71. The molecule has 2 aromatic heterocycles. The van der Waals surface area contributed by atoms with Gasteiger partial charge < -0.3 is 0 Å². The van der Waals surface area contributed by atoms with Crippen LogP contribution in [0.15, 0.2) is 61.1 Å². The molecule has 1 amide bonds. The van der Waals surface area contributed by atoms with Crippen LogP contribution in [0.5, 0.6) is 0 Å². The van der Waals surface area contributed by atoms with Gasteiger partial charge in [0.1, 0.15) is 12.1 Å². The van der Waals surface area contributed by atoms with Crippen molar-refractivity contribution in [1.29, 1.82) is 0 Å². The van der Waals surface area contributed by atoms with E-state index in [0.717, 1.165) is 48.4 Å². The molecular formula is C29H28ClFN6O. The fraction of sp³-hybridized carbons (Fsp3) is 0.379. The molecule has 4 aromatic rings. The molecule has 7 nitrogen and oxygen atoms in total. The van der Waals surface area contributed by atoms with Gasteiger partial charge in [-0.2, -0.15) is 5.10 Å². The third-order valence-electron chi connectivity index (χ3n) is 8.66. The number of amides is 1. The average molecular weight is 531 g/mol. The summed E-state index contributed by atoms with van der Waals surface area (Å²) in [7, 11) is 0. The number of benzene rings is 2. The van der Waals surface area contributed by atoms with Gasteiger partial charge in [0.15, 0.2) is 0 Å². The van der Waals surface area contributed by atoms with Crippen LogP contribution >= 0.6 is 11.6 Å². The van der Waals surface area contributed by atoms with E-state index in [0.29, 0.717) is 16.1 Å². The number of hydrogen-bond donors (Lipinski definition) is 1. The molecule has 0 aliphatic heterocycles. The van der Waals surface area contributed by atoms with E-state index in [9.17, 15) is 9.18 Å². The molecule has 0 radical (unpaired) electrons. The quantitative estimate of drug-likeness (QED) is 0.330. The molecule has 4 saturated carbocycles. The SMILES string of the molecule is O=C(Nc1ncn(Cc2c(F)cccc2Cl)n1)c1cn(-c2ccccc2)nc1C12CC3CC(CC(C3)C1)C2. The molecule has 0 atom stereocenters. The molecule has 4 fully saturated rings. The van der Waals surface area contributed by atoms with E-state index in [-0.39, 0.29) is 23.8 Å². The van der Waals surface area contributed by atoms with Crippen LogP contribution < -0.4 is 5.32 Å². The lowest BCUT2D eigenvalue weighted by molar-refractivity contribution is -0.00765. The summed E-state index contributed by atoms with van der Waals surface area (Å²) < 4.78 is 17.5. The first-order chi connectivity index (χ1) is 18.5. The molecular weight excluding hydrogens is 503 g/mol.